The van der Waals surface area contributed by atoms with E-state index in [0.717, 1.165) is 0 Å². The quantitative estimate of drug-likeness (QED) is 0.757. The molecule has 0 saturated carbocycles. The molecule has 0 atom stereocenters. The van der Waals surface area contributed by atoms with Gasteiger partial charge in [0.25, 0.3) is 11.8 Å². The van der Waals surface area contributed by atoms with Gasteiger partial charge in [0.1, 0.15) is 5.82 Å². The Morgan fingerprint density at radius 3 is 2.42 bits per heavy atom. The molecule has 0 radical (unpaired) electrons. The Labute approximate surface area is 154 Å². The number of hydrogen-bond donors (Lipinski definition) is 2. The molecule has 26 heavy (non-hydrogen) atoms. The van der Waals surface area contributed by atoms with Gasteiger partial charge >= 0.3 is 5.97 Å². The first-order valence-corrected chi connectivity index (χ1v) is 7.99. The van der Waals surface area contributed by atoms with Gasteiger partial charge in [-0.1, -0.05) is 17.7 Å². The topological polar surface area (TPSA) is 84.5 Å². The van der Waals surface area contributed by atoms with Gasteiger partial charge in [-0.25, -0.2) is 4.39 Å². The second-order valence-electron chi connectivity index (χ2n) is 5.24. The zero-order valence-electron chi connectivity index (χ0n) is 13.8. The second-order valence-corrected chi connectivity index (χ2v) is 5.65. The maximum atomic E-state index is 13.6. The number of halogens is 2. The Morgan fingerprint density at radius 1 is 1.12 bits per heavy atom. The standard InChI is InChI=1S/C18H16ClFN2O4/c1-21-18(25)11-5-7-12(8-6-11)22-16(23)10-26-17(24)9-13-14(19)3-2-4-15(13)20/h2-8H,9-10H2,1H3,(H,21,25)(H,22,23). The third-order valence-electron chi connectivity index (χ3n) is 3.40. The molecular formula is C18H16ClFN2O4. The number of carbonyl (C=O) groups excluding carboxylic acids is 3. The first-order chi connectivity index (χ1) is 12.4. The lowest BCUT2D eigenvalue weighted by atomic mass is 10.1. The van der Waals surface area contributed by atoms with Crippen LogP contribution in [0.1, 0.15) is 15.9 Å². The minimum absolute atomic E-state index is 0.0179. The smallest absolute Gasteiger partial charge is 0.310 e. The van der Waals surface area contributed by atoms with Crippen LogP contribution in [0, 0.1) is 5.82 Å². The van der Waals surface area contributed by atoms with Gasteiger partial charge in [-0.15, -0.1) is 0 Å². The van der Waals surface area contributed by atoms with Crippen molar-refractivity contribution >= 4 is 35.1 Å². The summed E-state index contributed by atoms with van der Waals surface area (Å²) in [7, 11) is 1.51. The van der Waals surface area contributed by atoms with Crippen molar-refractivity contribution in [3.8, 4) is 0 Å². The number of nitrogens with one attached hydrogen (secondary N) is 2. The van der Waals surface area contributed by atoms with Crippen molar-refractivity contribution in [3.63, 3.8) is 0 Å². The molecule has 0 fully saturated rings. The third kappa shape index (κ3) is 5.29. The van der Waals surface area contributed by atoms with E-state index in [-0.39, 0.29) is 22.9 Å². The first kappa shape index (κ1) is 19.4. The average molecular weight is 379 g/mol. The second kappa shape index (κ2) is 8.96. The van der Waals surface area contributed by atoms with Gasteiger partial charge in [-0.05, 0) is 36.4 Å². The zero-order valence-corrected chi connectivity index (χ0v) is 14.6. The Morgan fingerprint density at radius 2 is 1.81 bits per heavy atom. The summed E-state index contributed by atoms with van der Waals surface area (Å²) < 4.78 is 18.4. The molecule has 0 heterocycles. The molecule has 2 N–H and O–H groups in total. The molecule has 0 aliphatic carbocycles. The summed E-state index contributed by atoms with van der Waals surface area (Å²) in [4.78, 5) is 35.0. The van der Waals surface area contributed by atoms with Crippen molar-refractivity contribution in [2.45, 2.75) is 6.42 Å². The lowest BCUT2D eigenvalue weighted by Crippen LogP contribution is -2.22. The number of hydrogen-bond acceptors (Lipinski definition) is 4. The molecule has 0 aliphatic heterocycles. The Kier molecular flexibility index (Phi) is 6.68. The van der Waals surface area contributed by atoms with Gasteiger partial charge in [0.15, 0.2) is 6.61 Å². The van der Waals surface area contributed by atoms with Gasteiger partial charge < -0.3 is 15.4 Å². The van der Waals surface area contributed by atoms with Crippen molar-refractivity contribution in [1.82, 2.24) is 5.32 Å². The summed E-state index contributed by atoms with van der Waals surface area (Å²) in [5.41, 5.74) is 0.902. The van der Waals surface area contributed by atoms with E-state index in [1.165, 1.54) is 25.2 Å². The fraction of sp³-hybridized carbons (Fsp3) is 0.167. The summed E-state index contributed by atoms with van der Waals surface area (Å²) >= 11 is 5.83. The number of carbonyl (C=O) groups is 3. The SMILES string of the molecule is CNC(=O)c1ccc(NC(=O)COC(=O)Cc2c(F)cccc2Cl)cc1. The number of amides is 2. The van der Waals surface area contributed by atoms with Crippen LogP contribution in [0.5, 0.6) is 0 Å². The maximum absolute atomic E-state index is 13.6. The van der Waals surface area contributed by atoms with E-state index in [2.05, 4.69) is 10.6 Å². The number of rotatable bonds is 6. The van der Waals surface area contributed by atoms with Crippen molar-refractivity contribution in [1.29, 1.82) is 0 Å². The number of benzene rings is 2. The summed E-state index contributed by atoms with van der Waals surface area (Å²) in [6.07, 6.45) is -0.375. The molecule has 6 nitrogen and oxygen atoms in total. The summed E-state index contributed by atoms with van der Waals surface area (Å²) in [6, 6.07) is 10.2. The maximum Gasteiger partial charge on any atom is 0.310 e. The molecule has 8 heteroatoms. The molecular weight excluding hydrogens is 363 g/mol. The van der Waals surface area contributed by atoms with Crippen LogP contribution in [-0.2, 0) is 20.7 Å². The Bertz CT molecular complexity index is 804. The molecule has 2 aromatic carbocycles. The normalized spacial score (nSPS) is 10.1. The molecule has 2 aromatic rings. The van der Waals surface area contributed by atoms with E-state index in [9.17, 15) is 18.8 Å². The predicted molar refractivity (Wildman–Crippen MR) is 94.5 cm³/mol. The zero-order chi connectivity index (χ0) is 19.1. The van der Waals surface area contributed by atoms with Gasteiger partial charge in [0.2, 0.25) is 0 Å². The molecule has 0 spiro atoms. The average Bonchev–Trinajstić information content (AvgIpc) is 2.63. The van der Waals surface area contributed by atoms with Crippen molar-refractivity contribution in [3.05, 3.63) is 64.4 Å². The molecule has 136 valence electrons. The predicted octanol–water partition coefficient (Wildman–Crippen LogP) is 2.56. The number of ether oxygens (including phenoxy) is 1. The van der Waals surface area contributed by atoms with E-state index < -0.39 is 24.3 Å². The molecule has 0 unspecified atom stereocenters. The van der Waals surface area contributed by atoms with Crippen LogP contribution in [0.15, 0.2) is 42.5 Å². The highest BCUT2D eigenvalue weighted by Crippen LogP contribution is 2.19. The van der Waals surface area contributed by atoms with Crippen LogP contribution in [-0.4, -0.2) is 31.4 Å². The fourth-order valence-corrected chi connectivity index (χ4v) is 2.32. The van der Waals surface area contributed by atoms with Crippen LogP contribution < -0.4 is 10.6 Å². The summed E-state index contributed by atoms with van der Waals surface area (Å²) in [6.45, 7) is -0.526. The fourth-order valence-electron chi connectivity index (χ4n) is 2.09. The van der Waals surface area contributed by atoms with Gasteiger partial charge in [-0.2, -0.15) is 0 Å². The Balaban J connectivity index is 1.84. The highest BCUT2D eigenvalue weighted by molar-refractivity contribution is 6.31. The van der Waals surface area contributed by atoms with Crippen LogP contribution in [0.2, 0.25) is 5.02 Å². The lowest BCUT2D eigenvalue weighted by Gasteiger charge is -2.08. The molecule has 0 aromatic heterocycles. The minimum atomic E-state index is -0.776. The van der Waals surface area contributed by atoms with Crippen LogP contribution in [0.3, 0.4) is 0 Å². The number of anilines is 1. The van der Waals surface area contributed by atoms with Gasteiger partial charge in [0.05, 0.1) is 6.42 Å². The van der Waals surface area contributed by atoms with Crippen LogP contribution in [0.25, 0.3) is 0 Å². The van der Waals surface area contributed by atoms with E-state index in [4.69, 9.17) is 16.3 Å². The largest absolute Gasteiger partial charge is 0.455 e. The highest BCUT2D eigenvalue weighted by atomic mass is 35.5. The molecule has 0 aliphatic rings. The molecule has 2 amide bonds. The van der Waals surface area contributed by atoms with Crippen molar-refractivity contribution in [2.24, 2.45) is 0 Å². The van der Waals surface area contributed by atoms with E-state index in [0.29, 0.717) is 11.3 Å². The van der Waals surface area contributed by atoms with Crippen LogP contribution in [0.4, 0.5) is 10.1 Å². The highest BCUT2D eigenvalue weighted by Gasteiger charge is 2.14. The lowest BCUT2D eigenvalue weighted by molar-refractivity contribution is -0.146. The van der Waals surface area contributed by atoms with E-state index in [1.54, 1.807) is 24.3 Å². The molecule has 2 rings (SSSR count). The molecule has 0 bridgehead atoms. The van der Waals surface area contributed by atoms with Gasteiger partial charge in [-0.3, -0.25) is 14.4 Å². The third-order valence-corrected chi connectivity index (χ3v) is 3.76. The van der Waals surface area contributed by atoms with E-state index >= 15 is 0 Å². The van der Waals surface area contributed by atoms with E-state index in [1.807, 2.05) is 0 Å². The Hall–Kier alpha value is -2.93. The first-order valence-electron chi connectivity index (χ1n) is 7.61. The summed E-state index contributed by atoms with van der Waals surface area (Å²) in [5.74, 6) is -2.20. The number of esters is 1. The summed E-state index contributed by atoms with van der Waals surface area (Å²) in [5, 5.41) is 5.12. The molecule has 0 saturated heterocycles. The van der Waals surface area contributed by atoms with Crippen molar-refractivity contribution in [2.75, 3.05) is 19.0 Å². The van der Waals surface area contributed by atoms with Crippen molar-refractivity contribution < 1.29 is 23.5 Å². The monoisotopic (exact) mass is 378 g/mol. The minimum Gasteiger partial charge on any atom is -0.455 e. The van der Waals surface area contributed by atoms with Gasteiger partial charge in [0, 0.05) is 28.9 Å². The van der Waals surface area contributed by atoms with Crippen LogP contribution >= 0.6 is 11.6 Å².